The van der Waals surface area contributed by atoms with Crippen LogP contribution in [0.1, 0.15) is 5.56 Å². The summed E-state index contributed by atoms with van der Waals surface area (Å²) in [6.07, 6.45) is 1.26. The van der Waals surface area contributed by atoms with Gasteiger partial charge in [0.15, 0.2) is 0 Å². The summed E-state index contributed by atoms with van der Waals surface area (Å²) in [6, 6.07) is 8.34. The quantitative estimate of drug-likeness (QED) is 0.775. The van der Waals surface area contributed by atoms with E-state index in [9.17, 15) is 9.36 Å². The van der Waals surface area contributed by atoms with Crippen LogP contribution in [0.5, 0.6) is 0 Å². The van der Waals surface area contributed by atoms with E-state index in [1.54, 1.807) is 0 Å². The summed E-state index contributed by atoms with van der Waals surface area (Å²) in [5.74, 6) is -1.16. The van der Waals surface area contributed by atoms with Crippen LogP contribution in [0, 0.1) is 5.63 Å². The zero-order valence-electron chi connectivity index (χ0n) is 10.2. The van der Waals surface area contributed by atoms with Crippen molar-refractivity contribution in [3.63, 3.8) is 0 Å². The fraction of sp³-hybridized carbons (Fsp3) is 0.231. The normalized spacial score (nSPS) is 12.6. The Morgan fingerprint density at radius 1 is 1.47 bits per heavy atom. The Kier molecular flexibility index (Phi) is 6.86. The second-order valence-electron chi connectivity index (χ2n) is 3.74. The Morgan fingerprint density at radius 2 is 2.16 bits per heavy atom. The number of carbonyl (C=O) groups is 1. The van der Waals surface area contributed by atoms with E-state index < -0.39 is 12.0 Å². The Hall–Kier alpha value is -1.64. The number of carboxylic acids is 1. The molecule has 0 heterocycles. The number of hydrogen-bond acceptors (Lipinski definition) is 4. The predicted molar refractivity (Wildman–Crippen MR) is 71.3 cm³/mol. The molecule has 1 aromatic carbocycles. The zero-order chi connectivity index (χ0) is 14.1. The summed E-state index contributed by atoms with van der Waals surface area (Å²) >= 11 is 0. The van der Waals surface area contributed by atoms with Crippen molar-refractivity contribution in [1.82, 2.24) is 0 Å². The van der Waals surface area contributed by atoms with Crippen LogP contribution in [0.25, 0.3) is 0 Å². The molecule has 0 aliphatic carbocycles. The molecular formula is C13H14NO4P. The first kappa shape index (κ1) is 15.4. The first-order valence-electron chi connectivity index (χ1n) is 5.52. The van der Waals surface area contributed by atoms with Gasteiger partial charge in [0.1, 0.15) is 0 Å². The maximum atomic E-state index is 10.6. The van der Waals surface area contributed by atoms with Crippen LogP contribution in [0.2, 0.25) is 0 Å². The van der Waals surface area contributed by atoms with Crippen molar-refractivity contribution in [2.24, 2.45) is 5.73 Å². The van der Waals surface area contributed by atoms with Gasteiger partial charge in [0.25, 0.3) is 0 Å². The fourth-order valence-electron chi connectivity index (χ4n) is 1.32. The van der Waals surface area contributed by atoms with Crippen molar-refractivity contribution < 1.29 is 19.2 Å². The SMILES string of the molecule is NC(C=C(C#P=O)COCc1ccccc1)C(=O)O. The van der Waals surface area contributed by atoms with E-state index in [4.69, 9.17) is 15.6 Å². The molecule has 1 rings (SSSR count). The van der Waals surface area contributed by atoms with Gasteiger partial charge in [-0.3, -0.25) is 0 Å². The molecular weight excluding hydrogens is 265 g/mol. The van der Waals surface area contributed by atoms with E-state index in [0.29, 0.717) is 12.2 Å². The Bertz CT molecular complexity index is 550. The number of benzene rings is 1. The number of aliphatic carboxylic acids is 1. The first-order chi connectivity index (χ1) is 9.13. The van der Waals surface area contributed by atoms with Crippen LogP contribution >= 0.6 is 7.92 Å². The summed E-state index contributed by atoms with van der Waals surface area (Å²) in [5, 5.41) is 8.68. The number of hydrogen-bond donors (Lipinski definition) is 2. The van der Waals surface area contributed by atoms with Gasteiger partial charge in [-0.15, -0.1) is 0 Å². The van der Waals surface area contributed by atoms with Gasteiger partial charge in [0.2, 0.25) is 0 Å². The van der Waals surface area contributed by atoms with E-state index in [2.05, 4.69) is 5.63 Å². The minimum absolute atomic E-state index is 0.102. The molecule has 0 saturated heterocycles. The molecule has 0 aliphatic rings. The van der Waals surface area contributed by atoms with E-state index in [1.807, 2.05) is 30.3 Å². The molecule has 0 saturated carbocycles. The predicted octanol–water partition coefficient (Wildman–Crippen LogP) is 1.79. The average Bonchev–Trinajstić information content (AvgIpc) is 2.40. The monoisotopic (exact) mass is 279 g/mol. The van der Waals surface area contributed by atoms with Crippen LogP contribution in [0.15, 0.2) is 42.0 Å². The summed E-state index contributed by atoms with van der Waals surface area (Å²) in [5.41, 5.74) is 9.17. The third kappa shape index (κ3) is 6.18. The van der Waals surface area contributed by atoms with Gasteiger partial charge in [0, 0.05) is 0 Å². The third-order valence-corrected chi connectivity index (χ3v) is 2.60. The number of carboxylic acid groups (broad SMARTS) is 1. The van der Waals surface area contributed by atoms with Crippen molar-refractivity contribution in [3.05, 3.63) is 47.5 Å². The standard InChI is InChI=1S/C13H14NO4P/c14-12(13(15)16)6-11(9-19-17)8-18-7-10-4-2-1-3-5-10/h1-6,12H,7-8,14H2,(H,15,16). The van der Waals surface area contributed by atoms with E-state index in [0.717, 1.165) is 5.56 Å². The van der Waals surface area contributed by atoms with Crippen molar-refractivity contribution in [3.8, 4) is 5.63 Å². The number of rotatable bonds is 6. The van der Waals surface area contributed by atoms with E-state index >= 15 is 0 Å². The van der Waals surface area contributed by atoms with Gasteiger partial charge in [-0.25, -0.2) is 0 Å². The van der Waals surface area contributed by atoms with Crippen molar-refractivity contribution in [2.45, 2.75) is 12.6 Å². The van der Waals surface area contributed by atoms with Crippen molar-refractivity contribution in [2.75, 3.05) is 6.61 Å². The third-order valence-electron chi connectivity index (χ3n) is 2.22. The van der Waals surface area contributed by atoms with Crippen LogP contribution in [0.4, 0.5) is 0 Å². The van der Waals surface area contributed by atoms with Crippen LogP contribution in [-0.2, 0) is 20.7 Å². The molecule has 6 heteroatoms. The summed E-state index contributed by atoms with van der Waals surface area (Å²) in [6.45, 7) is 0.475. The molecule has 3 N–H and O–H groups in total. The van der Waals surface area contributed by atoms with E-state index in [-0.39, 0.29) is 14.5 Å². The Balaban J connectivity index is 2.57. The molecule has 19 heavy (non-hydrogen) atoms. The van der Waals surface area contributed by atoms with Crippen molar-refractivity contribution in [1.29, 1.82) is 0 Å². The molecule has 0 bridgehead atoms. The molecule has 0 spiro atoms. The van der Waals surface area contributed by atoms with Gasteiger partial charge < -0.3 is 0 Å². The van der Waals surface area contributed by atoms with Crippen LogP contribution < -0.4 is 5.73 Å². The molecule has 0 aliphatic heterocycles. The van der Waals surface area contributed by atoms with Crippen molar-refractivity contribution >= 4 is 13.9 Å². The molecule has 0 fully saturated rings. The molecule has 5 nitrogen and oxygen atoms in total. The van der Waals surface area contributed by atoms with Gasteiger partial charge in [-0.2, -0.15) is 0 Å². The van der Waals surface area contributed by atoms with E-state index in [1.165, 1.54) is 6.08 Å². The fourth-order valence-corrected chi connectivity index (χ4v) is 1.57. The average molecular weight is 279 g/mol. The summed E-state index contributed by atoms with van der Waals surface area (Å²) in [4.78, 5) is 10.6. The van der Waals surface area contributed by atoms with Crippen LogP contribution in [-0.4, -0.2) is 23.7 Å². The number of ether oxygens (including phenoxy) is 1. The molecule has 0 aromatic heterocycles. The molecule has 0 amide bonds. The minimum atomic E-state index is -1.16. The van der Waals surface area contributed by atoms with Gasteiger partial charge in [-0.1, -0.05) is 0 Å². The summed E-state index contributed by atoms with van der Waals surface area (Å²) < 4.78 is 15.9. The second-order valence-corrected chi connectivity index (χ2v) is 4.14. The molecule has 100 valence electrons. The van der Waals surface area contributed by atoms with Gasteiger partial charge in [-0.05, 0) is 0 Å². The first-order valence-corrected chi connectivity index (χ1v) is 6.34. The molecule has 1 aromatic rings. The number of nitrogens with two attached hydrogens (primary N) is 1. The van der Waals surface area contributed by atoms with Crippen LogP contribution in [0.3, 0.4) is 0 Å². The molecule has 1 unspecified atom stereocenters. The zero-order valence-corrected chi connectivity index (χ0v) is 11.0. The Morgan fingerprint density at radius 3 is 2.74 bits per heavy atom. The topological polar surface area (TPSA) is 89.6 Å². The molecule has 1 atom stereocenters. The second kappa shape index (κ2) is 8.46. The van der Waals surface area contributed by atoms with Gasteiger partial charge in [0.05, 0.1) is 0 Å². The Labute approximate surface area is 112 Å². The maximum absolute atomic E-state index is 10.6. The summed E-state index contributed by atoms with van der Waals surface area (Å²) in [7, 11) is -0.337. The molecule has 0 radical (unpaired) electrons. The van der Waals surface area contributed by atoms with Gasteiger partial charge >= 0.3 is 111 Å².